The highest BCUT2D eigenvalue weighted by Crippen LogP contribution is 2.35. The molecule has 1 spiro atoms. The van der Waals surface area contributed by atoms with Gasteiger partial charge in [0.25, 0.3) is 0 Å². The maximum absolute atomic E-state index is 3.53. The summed E-state index contributed by atoms with van der Waals surface area (Å²) in [5, 5.41) is 3.53. The zero-order valence-electron chi connectivity index (χ0n) is 11.6. The molecule has 104 valence electrons. The van der Waals surface area contributed by atoms with Crippen molar-refractivity contribution in [2.75, 3.05) is 38.5 Å². The van der Waals surface area contributed by atoms with E-state index in [2.05, 4.69) is 52.3 Å². The molecule has 1 aromatic rings. The summed E-state index contributed by atoms with van der Waals surface area (Å²) >= 11 is 2.07. The molecular weight excluding hydrogens is 252 g/mol. The lowest BCUT2D eigenvalue weighted by Gasteiger charge is -2.22. The summed E-state index contributed by atoms with van der Waals surface area (Å²) in [5.74, 6) is 2.42. The van der Waals surface area contributed by atoms with Crippen molar-refractivity contribution in [1.82, 2.24) is 10.2 Å². The molecule has 2 heterocycles. The Morgan fingerprint density at radius 2 is 2.11 bits per heavy atom. The normalized spacial score (nSPS) is 27.4. The summed E-state index contributed by atoms with van der Waals surface area (Å²) in [7, 11) is 0. The fourth-order valence-electron chi connectivity index (χ4n) is 3.32. The van der Waals surface area contributed by atoms with Gasteiger partial charge >= 0.3 is 0 Å². The summed E-state index contributed by atoms with van der Waals surface area (Å²) in [6.07, 6.45) is 2.80. The van der Waals surface area contributed by atoms with Gasteiger partial charge in [0, 0.05) is 31.1 Å². The van der Waals surface area contributed by atoms with Crippen LogP contribution in [0.25, 0.3) is 0 Å². The molecule has 0 bridgehead atoms. The molecule has 2 saturated heterocycles. The van der Waals surface area contributed by atoms with Crippen LogP contribution in [0.3, 0.4) is 0 Å². The molecule has 0 aromatic heterocycles. The fraction of sp³-hybridized carbons (Fsp3) is 0.625. The molecule has 2 nitrogen and oxygen atoms in total. The summed E-state index contributed by atoms with van der Waals surface area (Å²) in [6.45, 7) is 6.38. The minimum atomic E-state index is 0.629. The fourth-order valence-corrected chi connectivity index (χ4v) is 4.28. The topological polar surface area (TPSA) is 15.3 Å². The molecule has 2 fully saturated rings. The van der Waals surface area contributed by atoms with Crippen LogP contribution in [0.2, 0.25) is 0 Å². The van der Waals surface area contributed by atoms with Gasteiger partial charge in [-0.3, -0.25) is 0 Å². The van der Waals surface area contributed by atoms with Crippen molar-refractivity contribution in [2.45, 2.75) is 18.6 Å². The molecule has 0 saturated carbocycles. The van der Waals surface area contributed by atoms with Crippen LogP contribution in [0.15, 0.2) is 30.3 Å². The van der Waals surface area contributed by atoms with Gasteiger partial charge in [-0.1, -0.05) is 30.3 Å². The minimum Gasteiger partial charge on any atom is -0.316 e. The van der Waals surface area contributed by atoms with Gasteiger partial charge < -0.3 is 10.2 Å². The van der Waals surface area contributed by atoms with Crippen LogP contribution < -0.4 is 5.32 Å². The number of hydrogen-bond donors (Lipinski definition) is 1. The predicted molar refractivity (Wildman–Crippen MR) is 83.6 cm³/mol. The molecule has 2 aliphatic rings. The number of hydrogen-bond acceptors (Lipinski definition) is 3. The first-order valence-electron chi connectivity index (χ1n) is 7.41. The molecule has 19 heavy (non-hydrogen) atoms. The smallest absolute Gasteiger partial charge is 0.0185 e. The Labute approximate surface area is 121 Å². The van der Waals surface area contributed by atoms with Gasteiger partial charge in [-0.15, -0.1) is 0 Å². The largest absolute Gasteiger partial charge is 0.316 e. The summed E-state index contributed by atoms with van der Waals surface area (Å²) in [6, 6.07) is 10.8. The number of thioether (sulfide) groups is 1. The van der Waals surface area contributed by atoms with Crippen LogP contribution in [0.5, 0.6) is 0 Å². The first-order valence-corrected chi connectivity index (χ1v) is 8.57. The molecule has 3 heteroatoms. The van der Waals surface area contributed by atoms with Gasteiger partial charge in [0.05, 0.1) is 0 Å². The number of rotatable bonds is 5. The van der Waals surface area contributed by atoms with Crippen LogP contribution in [0.4, 0.5) is 0 Å². The minimum absolute atomic E-state index is 0.629. The van der Waals surface area contributed by atoms with Crippen LogP contribution in [0.1, 0.15) is 18.4 Å². The molecule has 0 amide bonds. The second kappa shape index (κ2) is 6.29. The zero-order chi connectivity index (χ0) is 13.0. The molecule has 1 N–H and O–H groups in total. The maximum Gasteiger partial charge on any atom is 0.0185 e. The molecule has 1 aromatic carbocycles. The van der Waals surface area contributed by atoms with E-state index in [9.17, 15) is 0 Å². The summed E-state index contributed by atoms with van der Waals surface area (Å²) in [5.41, 5.74) is 2.08. The van der Waals surface area contributed by atoms with E-state index >= 15 is 0 Å². The highest BCUT2D eigenvalue weighted by molar-refractivity contribution is 7.98. The maximum atomic E-state index is 3.53. The van der Waals surface area contributed by atoms with Crippen LogP contribution >= 0.6 is 11.8 Å². The first kappa shape index (κ1) is 13.5. The Morgan fingerprint density at radius 1 is 1.21 bits per heavy atom. The van der Waals surface area contributed by atoms with E-state index < -0.39 is 0 Å². The summed E-state index contributed by atoms with van der Waals surface area (Å²) < 4.78 is 0. The highest BCUT2D eigenvalue weighted by Gasteiger charge is 2.39. The van der Waals surface area contributed by atoms with Crippen molar-refractivity contribution in [1.29, 1.82) is 0 Å². The Bertz CT molecular complexity index is 387. The van der Waals surface area contributed by atoms with Crippen molar-refractivity contribution in [3.63, 3.8) is 0 Å². The number of nitrogens with zero attached hydrogens (tertiary/aromatic N) is 1. The number of likely N-dealkylation sites (tertiary alicyclic amines) is 1. The van der Waals surface area contributed by atoms with E-state index in [4.69, 9.17) is 0 Å². The average Bonchev–Trinajstić information content (AvgIpc) is 3.07. The van der Waals surface area contributed by atoms with Gasteiger partial charge in [-0.25, -0.2) is 0 Å². The zero-order valence-corrected chi connectivity index (χ0v) is 12.4. The van der Waals surface area contributed by atoms with Gasteiger partial charge in [-0.05, 0) is 36.9 Å². The highest BCUT2D eigenvalue weighted by atomic mass is 32.2. The quantitative estimate of drug-likeness (QED) is 0.832. The SMILES string of the molecule is c1ccc(CSCCN2CCC3(CCNC3)C2)cc1. The van der Waals surface area contributed by atoms with Gasteiger partial charge in [0.1, 0.15) is 0 Å². The predicted octanol–water partition coefficient (Wildman–Crippen LogP) is 2.61. The second-order valence-electron chi connectivity index (χ2n) is 5.99. The Morgan fingerprint density at radius 3 is 2.89 bits per heavy atom. The van der Waals surface area contributed by atoms with Gasteiger partial charge in [0.2, 0.25) is 0 Å². The van der Waals surface area contributed by atoms with Crippen molar-refractivity contribution >= 4 is 11.8 Å². The molecule has 2 aliphatic heterocycles. The van der Waals surface area contributed by atoms with Crippen LogP contribution in [0, 0.1) is 5.41 Å². The van der Waals surface area contributed by atoms with E-state index in [1.807, 2.05) is 0 Å². The molecule has 3 rings (SSSR count). The number of nitrogens with one attached hydrogen (secondary N) is 1. The monoisotopic (exact) mass is 276 g/mol. The van der Waals surface area contributed by atoms with Crippen LogP contribution in [-0.2, 0) is 5.75 Å². The van der Waals surface area contributed by atoms with Crippen molar-refractivity contribution in [3.05, 3.63) is 35.9 Å². The number of benzene rings is 1. The van der Waals surface area contributed by atoms with Crippen molar-refractivity contribution in [2.24, 2.45) is 5.41 Å². The van der Waals surface area contributed by atoms with Gasteiger partial charge in [0.15, 0.2) is 0 Å². The van der Waals surface area contributed by atoms with Crippen molar-refractivity contribution < 1.29 is 0 Å². The molecule has 1 unspecified atom stereocenters. The lowest BCUT2D eigenvalue weighted by molar-refractivity contribution is 0.285. The van der Waals surface area contributed by atoms with E-state index in [1.54, 1.807) is 0 Å². The van der Waals surface area contributed by atoms with E-state index in [-0.39, 0.29) is 0 Å². The van der Waals surface area contributed by atoms with E-state index in [1.165, 1.54) is 56.9 Å². The van der Waals surface area contributed by atoms with E-state index in [0.29, 0.717) is 5.41 Å². The standard InChI is InChI=1S/C16H24N2S/c1-2-4-15(5-3-1)12-19-11-10-18-9-7-16(14-18)6-8-17-13-16/h1-5,17H,6-14H2. The third-order valence-electron chi connectivity index (χ3n) is 4.51. The molecule has 0 radical (unpaired) electrons. The molecule has 0 aliphatic carbocycles. The average molecular weight is 276 g/mol. The summed E-state index contributed by atoms with van der Waals surface area (Å²) in [4.78, 5) is 2.67. The third kappa shape index (κ3) is 3.53. The van der Waals surface area contributed by atoms with E-state index in [0.717, 1.165) is 5.75 Å². The molecule has 1 atom stereocenters. The van der Waals surface area contributed by atoms with Crippen molar-refractivity contribution in [3.8, 4) is 0 Å². The molecular formula is C16H24N2S. The Hall–Kier alpha value is -0.510. The lowest BCUT2D eigenvalue weighted by Crippen LogP contribution is -2.30. The van der Waals surface area contributed by atoms with Crippen LogP contribution in [-0.4, -0.2) is 43.4 Å². The lowest BCUT2D eigenvalue weighted by atomic mass is 9.87. The third-order valence-corrected chi connectivity index (χ3v) is 5.52. The Balaban J connectivity index is 1.35. The second-order valence-corrected chi connectivity index (χ2v) is 7.10. The van der Waals surface area contributed by atoms with Gasteiger partial charge in [-0.2, -0.15) is 11.8 Å². The Kier molecular flexibility index (Phi) is 4.46. The first-order chi connectivity index (χ1) is 9.36.